The molecule has 0 aromatic carbocycles. The normalized spacial score (nSPS) is 15.2. The summed E-state index contributed by atoms with van der Waals surface area (Å²) in [6, 6.07) is 0. The second kappa shape index (κ2) is 5.23. The molecular formula is C11H16ClN3S. The minimum atomic E-state index is 0.541. The number of aromatic nitrogens is 2. The Morgan fingerprint density at radius 1 is 1.44 bits per heavy atom. The Morgan fingerprint density at radius 3 is 2.81 bits per heavy atom. The lowest BCUT2D eigenvalue weighted by atomic mass is 10.3. The van der Waals surface area contributed by atoms with Crippen molar-refractivity contribution in [2.24, 2.45) is 0 Å². The first-order valence-electron chi connectivity index (χ1n) is 5.49. The van der Waals surface area contributed by atoms with Crippen LogP contribution in [0.15, 0.2) is 0 Å². The van der Waals surface area contributed by atoms with Crippen LogP contribution in [0.3, 0.4) is 0 Å². The first-order valence-corrected chi connectivity index (χ1v) is 7.26. The van der Waals surface area contributed by atoms with Gasteiger partial charge in [0.1, 0.15) is 16.8 Å². The van der Waals surface area contributed by atoms with Crippen molar-refractivity contribution in [3.05, 3.63) is 16.5 Å². The summed E-state index contributed by atoms with van der Waals surface area (Å²) in [7, 11) is 0. The monoisotopic (exact) mass is 257 g/mol. The van der Waals surface area contributed by atoms with Crippen molar-refractivity contribution < 1.29 is 0 Å². The summed E-state index contributed by atoms with van der Waals surface area (Å²) in [5.74, 6) is 3.41. The van der Waals surface area contributed by atoms with E-state index in [9.17, 15) is 0 Å². The van der Waals surface area contributed by atoms with Gasteiger partial charge >= 0.3 is 0 Å². The van der Waals surface area contributed by atoms with Crippen LogP contribution in [0.2, 0.25) is 5.15 Å². The summed E-state index contributed by atoms with van der Waals surface area (Å²) in [5.41, 5.74) is 0.951. The predicted octanol–water partition coefficient (Wildman–Crippen LogP) is 3.09. The molecule has 1 aromatic rings. The van der Waals surface area contributed by atoms with Crippen LogP contribution in [0.5, 0.6) is 0 Å². The fraction of sp³-hybridized carbons (Fsp3) is 0.636. The first kappa shape index (κ1) is 12.0. The Morgan fingerprint density at radius 2 is 2.19 bits per heavy atom. The second-order valence-electron chi connectivity index (χ2n) is 4.04. The molecule has 0 unspecified atom stereocenters. The van der Waals surface area contributed by atoms with Crippen LogP contribution < -0.4 is 5.32 Å². The number of rotatable bonds is 5. The second-order valence-corrected chi connectivity index (χ2v) is 5.38. The molecular weight excluding hydrogens is 242 g/mol. The van der Waals surface area contributed by atoms with E-state index in [1.54, 1.807) is 0 Å². The zero-order valence-corrected chi connectivity index (χ0v) is 11.2. The average Bonchev–Trinajstić information content (AvgIpc) is 3.08. The lowest BCUT2D eigenvalue weighted by molar-refractivity contribution is 0.915. The molecule has 1 aliphatic rings. The molecule has 16 heavy (non-hydrogen) atoms. The molecule has 1 heterocycles. The lowest BCUT2D eigenvalue weighted by Gasteiger charge is -2.10. The van der Waals surface area contributed by atoms with Crippen LogP contribution >= 0.6 is 23.4 Å². The maximum atomic E-state index is 6.11. The Balaban J connectivity index is 2.14. The molecule has 1 fully saturated rings. The van der Waals surface area contributed by atoms with Gasteiger partial charge < -0.3 is 5.32 Å². The van der Waals surface area contributed by atoms with E-state index in [0.717, 1.165) is 29.5 Å². The standard InChI is InChI=1S/C11H16ClN3S/c1-7-9(12)14-11(8-3-4-8)15-10(7)13-5-6-16-2/h8H,3-6H2,1-2H3,(H,13,14,15). The van der Waals surface area contributed by atoms with Gasteiger partial charge in [0.2, 0.25) is 0 Å². The van der Waals surface area contributed by atoms with Gasteiger partial charge in [0.05, 0.1) is 0 Å². The first-order chi connectivity index (χ1) is 7.72. The molecule has 0 spiro atoms. The van der Waals surface area contributed by atoms with Crippen molar-refractivity contribution in [2.75, 3.05) is 23.9 Å². The number of hydrogen-bond acceptors (Lipinski definition) is 4. The topological polar surface area (TPSA) is 37.8 Å². The van der Waals surface area contributed by atoms with Crippen molar-refractivity contribution in [2.45, 2.75) is 25.7 Å². The van der Waals surface area contributed by atoms with Crippen LogP contribution in [0.4, 0.5) is 5.82 Å². The van der Waals surface area contributed by atoms with Gasteiger partial charge in [0, 0.05) is 23.8 Å². The highest BCUT2D eigenvalue weighted by Crippen LogP contribution is 2.39. The van der Waals surface area contributed by atoms with E-state index in [-0.39, 0.29) is 0 Å². The van der Waals surface area contributed by atoms with Crippen LogP contribution in [-0.2, 0) is 0 Å². The lowest BCUT2D eigenvalue weighted by Crippen LogP contribution is -2.09. The van der Waals surface area contributed by atoms with E-state index in [0.29, 0.717) is 11.1 Å². The van der Waals surface area contributed by atoms with Crippen LogP contribution in [-0.4, -0.2) is 28.5 Å². The zero-order chi connectivity index (χ0) is 11.5. The highest BCUT2D eigenvalue weighted by atomic mass is 35.5. The summed E-state index contributed by atoms with van der Waals surface area (Å²) in [5, 5.41) is 3.91. The van der Waals surface area contributed by atoms with Crippen molar-refractivity contribution in [3.63, 3.8) is 0 Å². The third kappa shape index (κ3) is 2.80. The van der Waals surface area contributed by atoms with Crippen LogP contribution in [0.1, 0.15) is 30.1 Å². The van der Waals surface area contributed by atoms with Crippen molar-refractivity contribution >= 4 is 29.2 Å². The SMILES string of the molecule is CSCCNc1nc(C2CC2)nc(Cl)c1C. The molecule has 0 saturated heterocycles. The van der Waals surface area contributed by atoms with Gasteiger partial charge in [0.25, 0.3) is 0 Å². The maximum Gasteiger partial charge on any atom is 0.137 e. The molecule has 88 valence electrons. The highest BCUT2D eigenvalue weighted by Gasteiger charge is 2.27. The Hall–Kier alpha value is -0.480. The number of hydrogen-bond donors (Lipinski definition) is 1. The summed E-state index contributed by atoms with van der Waals surface area (Å²) in [6.07, 6.45) is 4.49. The van der Waals surface area contributed by atoms with Gasteiger partial charge in [0.15, 0.2) is 0 Å². The third-order valence-electron chi connectivity index (χ3n) is 2.64. The Labute approximate surface area is 105 Å². The number of anilines is 1. The molecule has 0 aliphatic heterocycles. The maximum absolute atomic E-state index is 6.11. The summed E-state index contributed by atoms with van der Waals surface area (Å²) in [6.45, 7) is 2.87. The van der Waals surface area contributed by atoms with Gasteiger partial charge in [-0.25, -0.2) is 9.97 Å². The van der Waals surface area contributed by atoms with Gasteiger partial charge in [-0.1, -0.05) is 11.6 Å². The third-order valence-corrected chi connectivity index (χ3v) is 3.63. The quantitative estimate of drug-likeness (QED) is 0.650. The van der Waals surface area contributed by atoms with Crippen molar-refractivity contribution in [3.8, 4) is 0 Å². The molecule has 1 aromatic heterocycles. The molecule has 5 heteroatoms. The number of nitrogens with zero attached hydrogens (tertiary/aromatic N) is 2. The molecule has 1 aliphatic carbocycles. The van der Waals surface area contributed by atoms with E-state index >= 15 is 0 Å². The molecule has 0 bridgehead atoms. The van der Waals surface area contributed by atoms with Crippen molar-refractivity contribution in [1.82, 2.24) is 9.97 Å². The molecule has 0 atom stereocenters. The molecule has 0 radical (unpaired) electrons. The molecule has 1 saturated carbocycles. The smallest absolute Gasteiger partial charge is 0.137 e. The molecule has 1 N–H and O–H groups in total. The van der Waals surface area contributed by atoms with E-state index in [2.05, 4.69) is 21.5 Å². The van der Waals surface area contributed by atoms with E-state index < -0.39 is 0 Å². The largest absolute Gasteiger partial charge is 0.369 e. The van der Waals surface area contributed by atoms with Crippen LogP contribution in [0.25, 0.3) is 0 Å². The van der Waals surface area contributed by atoms with E-state index in [1.807, 2.05) is 18.7 Å². The van der Waals surface area contributed by atoms with Gasteiger partial charge in [-0.3, -0.25) is 0 Å². The van der Waals surface area contributed by atoms with Gasteiger partial charge in [-0.05, 0) is 26.0 Å². The van der Waals surface area contributed by atoms with E-state index in [4.69, 9.17) is 11.6 Å². The average molecular weight is 258 g/mol. The Kier molecular flexibility index (Phi) is 3.92. The minimum Gasteiger partial charge on any atom is -0.369 e. The van der Waals surface area contributed by atoms with Crippen molar-refractivity contribution in [1.29, 1.82) is 0 Å². The summed E-state index contributed by atoms with van der Waals surface area (Å²) in [4.78, 5) is 8.88. The van der Waals surface area contributed by atoms with Crippen LogP contribution in [0, 0.1) is 6.92 Å². The molecule has 0 amide bonds. The molecule has 3 nitrogen and oxygen atoms in total. The van der Waals surface area contributed by atoms with E-state index in [1.165, 1.54) is 12.8 Å². The highest BCUT2D eigenvalue weighted by molar-refractivity contribution is 7.98. The number of halogens is 1. The number of thioether (sulfide) groups is 1. The molecule has 2 rings (SSSR count). The Bertz CT molecular complexity index is 380. The fourth-order valence-corrected chi connectivity index (χ4v) is 1.96. The zero-order valence-electron chi connectivity index (χ0n) is 9.59. The number of nitrogens with one attached hydrogen (secondary N) is 1. The summed E-state index contributed by atoms with van der Waals surface area (Å²) < 4.78 is 0. The van der Waals surface area contributed by atoms with Gasteiger partial charge in [-0.15, -0.1) is 0 Å². The predicted molar refractivity (Wildman–Crippen MR) is 70.6 cm³/mol. The minimum absolute atomic E-state index is 0.541. The fourth-order valence-electron chi connectivity index (χ4n) is 1.47. The van der Waals surface area contributed by atoms with Gasteiger partial charge in [-0.2, -0.15) is 11.8 Å². The summed E-state index contributed by atoms with van der Waals surface area (Å²) >= 11 is 7.92.